The lowest BCUT2D eigenvalue weighted by Gasteiger charge is -2.27. The average Bonchev–Trinajstić information content (AvgIpc) is 2.45. The first-order valence-electron chi connectivity index (χ1n) is 4.93. The highest BCUT2D eigenvalue weighted by molar-refractivity contribution is 5.94. The van der Waals surface area contributed by atoms with E-state index in [0.29, 0.717) is 0 Å². The molecule has 2 radical (unpaired) electrons. The molecule has 1 aliphatic carbocycles. The SMILES string of the molecule is CC(C)(C)OC1(C([NH])=O)C([C]=O)C1(C)C. The Morgan fingerprint density at radius 1 is 1.40 bits per heavy atom. The zero-order valence-corrected chi connectivity index (χ0v) is 9.80. The van der Waals surface area contributed by atoms with Crippen LogP contribution in [-0.4, -0.2) is 23.4 Å². The van der Waals surface area contributed by atoms with Crippen molar-refractivity contribution in [2.75, 3.05) is 0 Å². The van der Waals surface area contributed by atoms with E-state index in [9.17, 15) is 9.59 Å². The molecule has 1 amide bonds. The summed E-state index contributed by atoms with van der Waals surface area (Å²) in [6.45, 7) is 8.90. The second-order valence-electron chi connectivity index (χ2n) is 5.55. The summed E-state index contributed by atoms with van der Waals surface area (Å²) in [5, 5.41) is 0. The molecule has 0 spiro atoms. The lowest BCUT2D eigenvalue weighted by Crippen LogP contribution is -2.40. The highest BCUT2D eigenvalue weighted by atomic mass is 16.5. The average molecular weight is 211 g/mol. The van der Waals surface area contributed by atoms with E-state index in [2.05, 4.69) is 0 Å². The highest BCUT2D eigenvalue weighted by Crippen LogP contribution is 2.64. The molecule has 15 heavy (non-hydrogen) atoms. The van der Waals surface area contributed by atoms with Crippen LogP contribution in [0.1, 0.15) is 34.6 Å². The van der Waals surface area contributed by atoms with Crippen LogP contribution >= 0.6 is 0 Å². The predicted octanol–water partition coefficient (Wildman–Crippen LogP) is 1.12. The van der Waals surface area contributed by atoms with Crippen molar-refractivity contribution >= 4 is 12.2 Å². The van der Waals surface area contributed by atoms with Gasteiger partial charge >= 0.3 is 0 Å². The largest absolute Gasteiger partial charge is 0.358 e. The van der Waals surface area contributed by atoms with E-state index in [1.807, 2.05) is 6.29 Å². The molecule has 1 rings (SSSR count). The molecule has 84 valence electrons. The number of carbonyl (C=O) groups is 1. The number of amides is 1. The van der Waals surface area contributed by atoms with Crippen molar-refractivity contribution in [3.8, 4) is 0 Å². The first kappa shape index (κ1) is 12.2. The number of carbonyl (C=O) groups excluding carboxylic acids is 2. The number of hydrogen-bond acceptors (Lipinski definition) is 3. The van der Waals surface area contributed by atoms with Gasteiger partial charge in [0.25, 0.3) is 5.91 Å². The fourth-order valence-electron chi connectivity index (χ4n) is 2.10. The molecule has 1 saturated carbocycles. The normalized spacial score (nSPS) is 33.5. The van der Waals surface area contributed by atoms with Gasteiger partial charge in [0.15, 0.2) is 5.60 Å². The zero-order valence-electron chi connectivity index (χ0n) is 9.80. The molecule has 4 nitrogen and oxygen atoms in total. The summed E-state index contributed by atoms with van der Waals surface area (Å²) in [5.41, 5.74) is 4.79. The van der Waals surface area contributed by atoms with E-state index in [1.54, 1.807) is 34.6 Å². The van der Waals surface area contributed by atoms with Crippen LogP contribution < -0.4 is 5.73 Å². The summed E-state index contributed by atoms with van der Waals surface area (Å²) < 4.78 is 5.62. The smallest absolute Gasteiger partial charge is 0.272 e. The van der Waals surface area contributed by atoms with Crippen LogP contribution in [0.4, 0.5) is 0 Å². The fourth-order valence-corrected chi connectivity index (χ4v) is 2.10. The summed E-state index contributed by atoms with van der Waals surface area (Å²) in [6.07, 6.45) is 1.81. The van der Waals surface area contributed by atoms with Crippen molar-refractivity contribution in [2.24, 2.45) is 11.3 Å². The highest BCUT2D eigenvalue weighted by Gasteiger charge is 2.78. The molecule has 1 aliphatic rings. The van der Waals surface area contributed by atoms with Crippen LogP contribution in [0, 0.1) is 11.3 Å². The van der Waals surface area contributed by atoms with Gasteiger partial charge in [0, 0.05) is 5.41 Å². The molecule has 0 aromatic carbocycles. The molecule has 0 heterocycles. The first-order chi connectivity index (χ1) is 6.59. The van der Waals surface area contributed by atoms with Crippen LogP contribution in [0.15, 0.2) is 0 Å². The van der Waals surface area contributed by atoms with E-state index in [4.69, 9.17) is 10.5 Å². The van der Waals surface area contributed by atoms with Crippen LogP contribution in [-0.2, 0) is 14.3 Å². The second-order valence-corrected chi connectivity index (χ2v) is 5.55. The Kier molecular flexibility index (Phi) is 2.47. The Bertz CT molecular complexity index is 303. The second kappa shape index (κ2) is 3.04. The molecule has 1 fully saturated rings. The van der Waals surface area contributed by atoms with Gasteiger partial charge in [0.2, 0.25) is 6.29 Å². The van der Waals surface area contributed by atoms with Gasteiger partial charge in [-0.05, 0) is 20.8 Å². The van der Waals surface area contributed by atoms with E-state index < -0.39 is 28.4 Å². The summed E-state index contributed by atoms with van der Waals surface area (Å²) in [5.74, 6) is -1.47. The monoisotopic (exact) mass is 211 g/mol. The van der Waals surface area contributed by atoms with Gasteiger partial charge < -0.3 is 4.74 Å². The predicted molar refractivity (Wildman–Crippen MR) is 54.6 cm³/mol. The van der Waals surface area contributed by atoms with Crippen molar-refractivity contribution in [3.05, 3.63) is 0 Å². The van der Waals surface area contributed by atoms with Gasteiger partial charge in [0.05, 0.1) is 11.5 Å². The van der Waals surface area contributed by atoms with Gasteiger partial charge in [-0.2, -0.15) is 0 Å². The third kappa shape index (κ3) is 1.57. The molecule has 2 atom stereocenters. The third-order valence-electron chi connectivity index (χ3n) is 2.92. The van der Waals surface area contributed by atoms with E-state index in [-0.39, 0.29) is 0 Å². The minimum atomic E-state index is -1.30. The summed E-state index contributed by atoms with van der Waals surface area (Å²) in [4.78, 5) is 22.1. The van der Waals surface area contributed by atoms with Crippen molar-refractivity contribution in [1.82, 2.24) is 5.73 Å². The zero-order chi connectivity index (χ0) is 12.1. The molecule has 0 aromatic rings. The van der Waals surface area contributed by atoms with Crippen LogP contribution in [0.2, 0.25) is 0 Å². The lowest BCUT2D eigenvalue weighted by atomic mass is 10.1. The molecule has 0 aliphatic heterocycles. The van der Waals surface area contributed by atoms with E-state index in [1.165, 1.54) is 0 Å². The number of nitrogens with one attached hydrogen (secondary N) is 1. The van der Waals surface area contributed by atoms with Crippen LogP contribution in [0.3, 0.4) is 0 Å². The molecular formula is C11H17NO3. The Hall–Kier alpha value is -0.900. The maximum atomic E-state index is 11.4. The topological polar surface area (TPSA) is 67.2 Å². The lowest BCUT2D eigenvalue weighted by molar-refractivity contribution is -0.150. The molecule has 4 heteroatoms. The van der Waals surface area contributed by atoms with Gasteiger partial charge in [-0.1, -0.05) is 13.8 Å². The molecule has 1 N–H and O–H groups in total. The first-order valence-corrected chi connectivity index (χ1v) is 4.93. The minimum Gasteiger partial charge on any atom is -0.358 e. The molecule has 0 saturated heterocycles. The van der Waals surface area contributed by atoms with Crippen LogP contribution in [0.5, 0.6) is 0 Å². The third-order valence-corrected chi connectivity index (χ3v) is 2.92. The Morgan fingerprint density at radius 2 is 1.87 bits per heavy atom. The maximum absolute atomic E-state index is 11.4. The molecule has 2 unspecified atom stereocenters. The molecular weight excluding hydrogens is 194 g/mol. The number of hydrogen-bond donors (Lipinski definition) is 0. The van der Waals surface area contributed by atoms with Gasteiger partial charge in [0.1, 0.15) is 0 Å². The van der Waals surface area contributed by atoms with Gasteiger partial charge in [-0.3, -0.25) is 15.3 Å². The summed E-state index contributed by atoms with van der Waals surface area (Å²) in [6, 6.07) is 0. The Balaban J connectivity index is 3.05. The van der Waals surface area contributed by atoms with Gasteiger partial charge in [-0.25, -0.2) is 0 Å². The van der Waals surface area contributed by atoms with Crippen molar-refractivity contribution in [3.63, 3.8) is 0 Å². The number of rotatable bonds is 3. The Morgan fingerprint density at radius 3 is 2.07 bits per heavy atom. The van der Waals surface area contributed by atoms with Crippen molar-refractivity contribution < 1.29 is 14.3 Å². The van der Waals surface area contributed by atoms with E-state index >= 15 is 0 Å². The quantitative estimate of drug-likeness (QED) is 0.702. The standard InChI is InChI=1S/C11H17NO3/c1-9(2,3)15-11(8(12)14)7(6-13)10(11,4)5/h7,12H,1-5H3. The minimum absolute atomic E-state index is 0.556. The summed E-state index contributed by atoms with van der Waals surface area (Å²) in [7, 11) is 0. The number of ether oxygens (including phenoxy) is 1. The Labute approximate surface area is 90.2 Å². The molecule has 0 aromatic heterocycles. The van der Waals surface area contributed by atoms with Crippen molar-refractivity contribution in [2.45, 2.75) is 45.8 Å². The maximum Gasteiger partial charge on any atom is 0.272 e. The molecule has 0 bridgehead atoms. The van der Waals surface area contributed by atoms with E-state index in [0.717, 1.165) is 0 Å². The van der Waals surface area contributed by atoms with Crippen molar-refractivity contribution in [1.29, 1.82) is 0 Å². The van der Waals surface area contributed by atoms with Gasteiger partial charge in [-0.15, -0.1) is 0 Å². The fraction of sp³-hybridized carbons (Fsp3) is 0.818. The summed E-state index contributed by atoms with van der Waals surface area (Å²) >= 11 is 0. The van der Waals surface area contributed by atoms with Crippen LogP contribution in [0.25, 0.3) is 0 Å².